The molecule has 0 saturated heterocycles. The first-order valence-electron chi connectivity index (χ1n) is 11.2. The van der Waals surface area contributed by atoms with E-state index in [1.54, 1.807) is 32.9 Å². The van der Waals surface area contributed by atoms with Gasteiger partial charge >= 0.3 is 12.3 Å². The number of nitrogens with one attached hydrogen (secondary N) is 1. The number of nitriles is 1. The van der Waals surface area contributed by atoms with Crippen LogP contribution in [0.15, 0.2) is 41.0 Å². The van der Waals surface area contributed by atoms with Crippen molar-refractivity contribution in [3.63, 3.8) is 0 Å². The number of ether oxygens (including phenoxy) is 1. The third kappa shape index (κ3) is 6.84. The lowest BCUT2D eigenvalue weighted by molar-refractivity contribution is -0.128. The van der Waals surface area contributed by atoms with E-state index in [1.807, 2.05) is 6.07 Å². The summed E-state index contributed by atoms with van der Waals surface area (Å²) in [6.45, 7) is 4.65. The summed E-state index contributed by atoms with van der Waals surface area (Å²) in [5.41, 5.74) is -0.547. The monoisotopic (exact) mass is 589 g/mol. The van der Waals surface area contributed by atoms with Crippen LogP contribution in [-0.4, -0.2) is 46.8 Å². The van der Waals surface area contributed by atoms with Crippen LogP contribution in [0.4, 0.5) is 23.7 Å². The summed E-state index contributed by atoms with van der Waals surface area (Å²) in [4.78, 5) is 30.4. The Kier molecular flexibility index (Phi) is 8.38. The molecule has 0 unspecified atom stereocenters. The molecule has 0 fully saturated rings. The van der Waals surface area contributed by atoms with Crippen LogP contribution in [0.2, 0.25) is 0 Å². The Hall–Kier alpha value is -4.03. The zero-order valence-corrected chi connectivity index (χ0v) is 22.5. The molecule has 12 heteroatoms. The lowest BCUT2D eigenvalue weighted by Gasteiger charge is -2.26. The average molecular weight is 590 g/mol. The highest BCUT2D eigenvalue weighted by atomic mass is 79.9. The molecule has 2 amide bonds. The number of pyridine rings is 1. The van der Waals surface area contributed by atoms with Gasteiger partial charge in [-0.15, -0.1) is 0 Å². The summed E-state index contributed by atoms with van der Waals surface area (Å²) in [6, 6.07) is 9.34. The first-order valence-corrected chi connectivity index (χ1v) is 12.0. The predicted octanol–water partition coefficient (Wildman–Crippen LogP) is 5.23. The molecule has 0 saturated carbocycles. The fraction of sp³-hybridized carbons (Fsp3) is 0.308. The van der Waals surface area contributed by atoms with Gasteiger partial charge in [-0.3, -0.25) is 9.69 Å². The second-order valence-electron chi connectivity index (χ2n) is 9.04. The molecule has 0 bridgehead atoms. The number of rotatable bonds is 4. The molecular formula is C26H23BrF3N5O3. The number of carbonyl (C=O) groups is 2. The molecule has 2 heterocycles. The number of imidazole rings is 1. The molecule has 0 atom stereocenters. The van der Waals surface area contributed by atoms with Gasteiger partial charge in [0, 0.05) is 18.8 Å². The van der Waals surface area contributed by atoms with Crippen molar-refractivity contribution in [2.45, 2.75) is 39.0 Å². The molecule has 3 rings (SSSR count). The molecule has 0 radical (unpaired) electrons. The summed E-state index contributed by atoms with van der Waals surface area (Å²) in [5, 5.41) is 12.2. The van der Waals surface area contributed by atoms with Gasteiger partial charge < -0.3 is 14.5 Å². The van der Waals surface area contributed by atoms with Crippen molar-refractivity contribution in [3.8, 4) is 17.9 Å². The molecule has 1 aromatic carbocycles. The second-order valence-corrected chi connectivity index (χ2v) is 9.89. The molecule has 2 aromatic heterocycles. The number of fused-ring (bicyclic) bond motifs is 1. The summed E-state index contributed by atoms with van der Waals surface area (Å²) < 4.78 is 47.3. The van der Waals surface area contributed by atoms with Crippen LogP contribution < -0.4 is 10.2 Å². The smallest absolute Gasteiger partial charge is 0.415 e. The number of benzene rings is 1. The number of aromatic nitrogens is 2. The lowest BCUT2D eigenvalue weighted by Crippen LogP contribution is -2.37. The number of hydrogen-bond donors (Lipinski definition) is 1. The number of halogens is 4. The van der Waals surface area contributed by atoms with Crippen molar-refractivity contribution in [2.24, 2.45) is 0 Å². The molecule has 198 valence electrons. The van der Waals surface area contributed by atoms with E-state index in [9.17, 15) is 28.0 Å². The minimum absolute atomic E-state index is 0.00757. The zero-order chi connectivity index (χ0) is 28.3. The minimum Gasteiger partial charge on any atom is -0.443 e. The van der Waals surface area contributed by atoms with Crippen molar-refractivity contribution in [1.82, 2.24) is 14.7 Å². The fourth-order valence-corrected chi connectivity index (χ4v) is 3.89. The Morgan fingerprint density at radius 3 is 2.55 bits per heavy atom. The van der Waals surface area contributed by atoms with Crippen molar-refractivity contribution < 1.29 is 27.5 Å². The Labute approximate surface area is 225 Å². The number of amides is 2. The number of anilines is 1. The third-order valence-electron chi connectivity index (χ3n) is 5.02. The van der Waals surface area contributed by atoms with Gasteiger partial charge in [0.2, 0.25) is 0 Å². The van der Waals surface area contributed by atoms with Crippen molar-refractivity contribution in [2.75, 3.05) is 18.5 Å². The topological polar surface area (TPSA) is 99.7 Å². The summed E-state index contributed by atoms with van der Waals surface area (Å²) in [5.74, 6) is 4.92. The maximum atomic E-state index is 13.3. The van der Waals surface area contributed by atoms with Gasteiger partial charge in [0.1, 0.15) is 17.4 Å². The molecule has 3 aromatic rings. The number of nitrogens with zero attached hydrogens (tertiary/aromatic N) is 4. The van der Waals surface area contributed by atoms with Crippen LogP contribution in [0.3, 0.4) is 0 Å². The second kappa shape index (κ2) is 11.2. The summed E-state index contributed by atoms with van der Waals surface area (Å²) in [7, 11) is 1.44. The first kappa shape index (κ1) is 28.5. The van der Waals surface area contributed by atoms with Gasteiger partial charge in [0.25, 0.3) is 5.91 Å². The normalized spacial score (nSPS) is 11.3. The third-order valence-corrected chi connectivity index (χ3v) is 5.64. The van der Waals surface area contributed by atoms with Gasteiger partial charge in [-0.05, 0) is 73.0 Å². The predicted molar refractivity (Wildman–Crippen MR) is 138 cm³/mol. The number of carbonyl (C=O) groups excluding carboxylic acids is 2. The van der Waals surface area contributed by atoms with Crippen LogP contribution in [0.1, 0.15) is 48.1 Å². The van der Waals surface area contributed by atoms with Gasteiger partial charge in [0.15, 0.2) is 5.65 Å². The van der Waals surface area contributed by atoms with Crippen LogP contribution in [-0.2, 0) is 11.2 Å². The van der Waals surface area contributed by atoms with Crippen LogP contribution in [0.25, 0.3) is 5.65 Å². The van der Waals surface area contributed by atoms with Gasteiger partial charge in [0.05, 0.1) is 34.4 Å². The van der Waals surface area contributed by atoms with E-state index in [0.717, 1.165) is 4.90 Å². The zero-order valence-electron chi connectivity index (χ0n) is 20.9. The Balaban J connectivity index is 2.07. The standard InChI is InChI=1S/C26H23BrF3N5O3/c1-25(2,3)38-24(37)35(20-10-9-16(23(36)32-4)13-17(20)15-31)12-6-8-19-21(14-26(28,29)30)34-11-5-7-18(27)22(34)33-19/h5,7,9-11,13H,12,14H2,1-4H3,(H,32,36). The molecular weight excluding hydrogens is 567 g/mol. The van der Waals surface area contributed by atoms with E-state index < -0.39 is 30.2 Å². The van der Waals surface area contributed by atoms with E-state index in [0.29, 0.717) is 4.47 Å². The minimum atomic E-state index is -4.51. The van der Waals surface area contributed by atoms with Crippen molar-refractivity contribution in [1.29, 1.82) is 5.26 Å². The van der Waals surface area contributed by atoms with E-state index in [-0.39, 0.29) is 40.4 Å². The molecule has 0 aliphatic carbocycles. The van der Waals surface area contributed by atoms with Crippen molar-refractivity contribution in [3.05, 3.63) is 63.5 Å². The van der Waals surface area contributed by atoms with E-state index in [2.05, 4.69) is 38.1 Å². The molecule has 0 aliphatic heterocycles. The van der Waals surface area contributed by atoms with E-state index in [1.165, 1.54) is 35.8 Å². The Morgan fingerprint density at radius 1 is 1.24 bits per heavy atom. The van der Waals surface area contributed by atoms with E-state index >= 15 is 0 Å². The molecule has 0 aliphatic rings. The van der Waals surface area contributed by atoms with Gasteiger partial charge in [-0.2, -0.15) is 18.4 Å². The largest absolute Gasteiger partial charge is 0.443 e. The molecule has 38 heavy (non-hydrogen) atoms. The highest BCUT2D eigenvalue weighted by Crippen LogP contribution is 2.27. The average Bonchev–Trinajstić information content (AvgIpc) is 3.17. The SMILES string of the molecule is CNC(=O)c1ccc(N(CC#Cc2nc3c(Br)cccn3c2CC(F)(F)F)C(=O)OC(C)(C)C)c(C#N)c1. The van der Waals surface area contributed by atoms with Crippen molar-refractivity contribution >= 4 is 39.3 Å². The van der Waals surface area contributed by atoms with Gasteiger partial charge in [-0.1, -0.05) is 5.92 Å². The maximum Gasteiger partial charge on any atom is 0.415 e. The van der Waals surface area contributed by atoms with E-state index in [4.69, 9.17) is 4.74 Å². The summed E-state index contributed by atoms with van der Waals surface area (Å²) >= 11 is 3.29. The fourth-order valence-electron chi connectivity index (χ4n) is 3.46. The first-order chi connectivity index (χ1) is 17.7. The highest BCUT2D eigenvalue weighted by molar-refractivity contribution is 9.10. The number of alkyl halides is 3. The molecule has 0 spiro atoms. The van der Waals surface area contributed by atoms with Crippen LogP contribution in [0.5, 0.6) is 0 Å². The Morgan fingerprint density at radius 2 is 1.95 bits per heavy atom. The lowest BCUT2D eigenvalue weighted by atomic mass is 10.1. The quantitative estimate of drug-likeness (QED) is 0.420. The number of hydrogen-bond acceptors (Lipinski definition) is 5. The van der Waals surface area contributed by atoms with Crippen LogP contribution >= 0.6 is 15.9 Å². The molecule has 8 nitrogen and oxygen atoms in total. The van der Waals surface area contributed by atoms with Crippen LogP contribution in [0, 0.1) is 23.2 Å². The highest BCUT2D eigenvalue weighted by Gasteiger charge is 2.31. The Bertz CT molecular complexity index is 1490. The molecule has 1 N–H and O–H groups in total. The summed E-state index contributed by atoms with van der Waals surface area (Å²) in [6.07, 6.45) is -5.14. The van der Waals surface area contributed by atoms with Gasteiger partial charge in [-0.25, -0.2) is 9.78 Å². The maximum absolute atomic E-state index is 13.3.